The van der Waals surface area contributed by atoms with Crippen LogP contribution >= 0.6 is 0 Å². The first-order valence-electron chi connectivity index (χ1n) is 13.7. The van der Waals surface area contributed by atoms with E-state index in [1.165, 1.54) is 38.8 Å². The highest BCUT2D eigenvalue weighted by Crippen LogP contribution is 2.25. The molecule has 2 aromatic heterocycles. The van der Waals surface area contributed by atoms with Gasteiger partial charge < -0.3 is 14.0 Å². The fourth-order valence-electron chi connectivity index (χ4n) is 4.65. The van der Waals surface area contributed by atoms with Crippen LogP contribution in [0.1, 0.15) is 92.9 Å². The van der Waals surface area contributed by atoms with Crippen LogP contribution in [0.3, 0.4) is 0 Å². The second-order valence-corrected chi connectivity index (χ2v) is 9.68. The van der Waals surface area contributed by atoms with E-state index in [1.54, 1.807) is 0 Å². The number of nitrogens with zero attached hydrogens (tertiary/aromatic N) is 2. The Balaban J connectivity index is 1.65. The SMILES string of the molecule is CCCCc1cc2ccccn2c1C(=O)c1ccc(OCCCN(CCCC)CCCC)c(C)c1. The van der Waals surface area contributed by atoms with Crippen molar-refractivity contribution in [3.8, 4) is 5.75 Å². The first kappa shape index (κ1) is 27.0. The molecule has 0 aliphatic carbocycles. The fraction of sp³-hybridized carbons (Fsp3) is 0.516. The molecule has 0 saturated heterocycles. The number of pyridine rings is 1. The molecular weight excluding hydrogens is 432 g/mol. The number of fused-ring (bicyclic) bond motifs is 1. The summed E-state index contributed by atoms with van der Waals surface area (Å²) in [5, 5.41) is 0. The molecule has 4 heteroatoms. The van der Waals surface area contributed by atoms with Crippen molar-refractivity contribution in [1.82, 2.24) is 9.30 Å². The summed E-state index contributed by atoms with van der Waals surface area (Å²) in [5.41, 5.74) is 4.74. The maximum Gasteiger partial charge on any atom is 0.210 e. The summed E-state index contributed by atoms with van der Waals surface area (Å²) in [5.74, 6) is 0.959. The second-order valence-electron chi connectivity index (χ2n) is 9.68. The number of ether oxygens (including phenoxy) is 1. The minimum atomic E-state index is 0.0828. The highest BCUT2D eigenvalue weighted by atomic mass is 16.5. The molecule has 3 aromatic rings. The van der Waals surface area contributed by atoms with Crippen molar-refractivity contribution >= 4 is 11.3 Å². The molecule has 0 unspecified atom stereocenters. The topological polar surface area (TPSA) is 34.0 Å². The number of unbranched alkanes of at least 4 members (excludes halogenated alkanes) is 3. The normalized spacial score (nSPS) is 11.5. The first-order chi connectivity index (χ1) is 17.1. The number of hydrogen-bond acceptors (Lipinski definition) is 3. The fourth-order valence-corrected chi connectivity index (χ4v) is 4.65. The zero-order valence-electron chi connectivity index (χ0n) is 22.3. The van der Waals surface area contributed by atoms with Crippen LogP contribution in [0.15, 0.2) is 48.7 Å². The van der Waals surface area contributed by atoms with Crippen LogP contribution in [-0.2, 0) is 6.42 Å². The number of aryl methyl sites for hydroxylation is 2. The van der Waals surface area contributed by atoms with Gasteiger partial charge in [0.15, 0.2) is 0 Å². The summed E-state index contributed by atoms with van der Waals surface area (Å²) in [6, 6.07) is 14.1. The quantitative estimate of drug-likeness (QED) is 0.159. The van der Waals surface area contributed by atoms with Crippen molar-refractivity contribution in [2.24, 2.45) is 0 Å². The molecule has 0 aliphatic heterocycles. The third-order valence-electron chi connectivity index (χ3n) is 6.74. The number of ketones is 1. The number of rotatable bonds is 16. The lowest BCUT2D eigenvalue weighted by molar-refractivity contribution is 0.103. The summed E-state index contributed by atoms with van der Waals surface area (Å²) < 4.78 is 8.16. The van der Waals surface area contributed by atoms with E-state index in [9.17, 15) is 4.79 Å². The van der Waals surface area contributed by atoms with Crippen LogP contribution in [0.25, 0.3) is 5.52 Å². The molecule has 0 atom stereocenters. The third-order valence-corrected chi connectivity index (χ3v) is 6.74. The highest BCUT2D eigenvalue weighted by molar-refractivity contribution is 6.09. The van der Waals surface area contributed by atoms with E-state index in [4.69, 9.17) is 4.74 Å². The summed E-state index contributed by atoms with van der Waals surface area (Å²) in [6.07, 6.45) is 11.1. The van der Waals surface area contributed by atoms with Gasteiger partial charge in [-0.05, 0) is 99.6 Å². The number of aromatic nitrogens is 1. The Bertz CT molecular complexity index is 1060. The van der Waals surface area contributed by atoms with E-state index in [1.807, 2.05) is 47.9 Å². The number of benzene rings is 1. The predicted octanol–water partition coefficient (Wildman–Crippen LogP) is 7.49. The van der Waals surface area contributed by atoms with Crippen LogP contribution in [0, 0.1) is 6.92 Å². The van der Waals surface area contributed by atoms with Crippen molar-refractivity contribution in [3.05, 3.63) is 71.0 Å². The third kappa shape index (κ3) is 7.44. The zero-order chi connectivity index (χ0) is 25.0. The lowest BCUT2D eigenvalue weighted by Gasteiger charge is -2.22. The van der Waals surface area contributed by atoms with E-state index in [0.29, 0.717) is 6.61 Å². The molecule has 0 spiro atoms. The Morgan fingerprint density at radius 1 is 0.886 bits per heavy atom. The van der Waals surface area contributed by atoms with Crippen LogP contribution in [0.5, 0.6) is 5.75 Å². The minimum Gasteiger partial charge on any atom is -0.493 e. The van der Waals surface area contributed by atoms with Crippen molar-refractivity contribution < 1.29 is 9.53 Å². The van der Waals surface area contributed by atoms with Crippen molar-refractivity contribution in [1.29, 1.82) is 0 Å². The number of hydrogen-bond donors (Lipinski definition) is 0. The van der Waals surface area contributed by atoms with Crippen molar-refractivity contribution in [2.75, 3.05) is 26.2 Å². The molecule has 0 N–H and O–H groups in total. The van der Waals surface area contributed by atoms with Gasteiger partial charge >= 0.3 is 0 Å². The molecular formula is C31H44N2O2. The molecule has 0 aliphatic rings. The Morgan fingerprint density at radius 3 is 2.29 bits per heavy atom. The van der Waals surface area contributed by atoms with E-state index >= 15 is 0 Å². The Labute approximate surface area is 212 Å². The number of carbonyl (C=O) groups excluding carboxylic acids is 1. The summed E-state index contributed by atoms with van der Waals surface area (Å²) in [7, 11) is 0. The molecule has 190 valence electrons. The molecule has 0 bridgehead atoms. The Kier molecular flexibility index (Phi) is 10.9. The van der Waals surface area contributed by atoms with Gasteiger partial charge in [0.25, 0.3) is 0 Å². The maximum atomic E-state index is 13.6. The highest BCUT2D eigenvalue weighted by Gasteiger charge is 2.19. The van der Waals surface area contributed by atoms with Gasteiger partial charge in [-0.1, -0.05) is 46.1 Å². The lowest BCUT2D eigenvalue weighted by atomic mass is 10.0. The second kappa shape index (κ2) is 14.1. The van der Waals surface area contributed by atoms with Crippen molar-refractivity contribution in [3.63, 3.8) is 0 Å². The van der Waals surface area contributed by atoms with Gasteiger partial charge in [0.1, 0.15) is 5.75 Å². The maximum absolute atomic E-state index is 13.6. The van der Waals surface area contributed by atoms with Gasteiger partial charge in [-0.25, -0.2) is 0 Å². The summed E-state index contributed by atoms with van der Waals surface area (Å²) in [4.78, 5) is 16.2. The molecule has 3 rings (SSSR count). The molecule has 0 radical (unpaired) electrons. The first-order valence-corrected chi connectivity index (χ1v) is 13.7. The molecule has 0 fully saturated rings. The molecule has 0 amide bonds. The molecule has 0 saturated carbocycles. The molecule has 1 aromatic carbocycles. The summed E-state index contributed by atoms with van der Waals surface area (Å²) in [6.45, 7) is 12.9. The van der Waals surface area contributed by atoms with E-state index in [-0.39, 0.29) is 5.78 Å². The van der Waals surface area contributed by atoms with Crippen LogP contribution < -0.4 is 4.74 Å². The van der Waals surface area contributed by atoms with E-state index in [0.717, 1.165) is 65.9 Å². The van der Waals surface area contributed by atoms with Gasteiger partial charge in [-0.3, -0.25) is 4.79 Å². The Hall–Kier alpha value is -2.59. The van der Waals surface area contributed by atoms with E-state index < -0.39 is 0 Å². The van der Waals surface area contributed by atoms with Gasteiger partial charge in [-0.2, -0.15) is 0 Å². The molecule has 2 heterocycles. The van der Waals surface area contributed by atoms with Gasteiger partial charge in [-0.15, -0.1) is 0 Å². The molecule has 4 nitrogen and oxygen atoms in total. The average Bonchev–Trinajstić information content (AvgIpc) is 3.24. The van der Waals surface area contributed by atoms with E-state index in [2.05, 4.69) is 37.8 Å². The van der Waals surface area contributed by atoms with Crippen LogP contribution in [0.2, 0.25) is 0 Å². The average molecular weight is 477 g/mol. The van der Waals surface area contributed by atoms with Gasteiger partial charge in [0.05, 0.1) is 12.3 Å². The smallest absolute Gasteiger partial charge is 0.210 e. The Morgan fingerprint density at radius 2 is 1.60 bits per heavy atom. The van der Waals surface area contributed by atoms with Crippen LogP contribution in [-0.4, -0.2) is 41.3 Å². The summed E-state index contributed by atoms with van der Waals surface area (Å²) >= 11 is 0. The predicted molar refractivity (Wildman–Crippen MR) is 147 cm³/mol. The lowest BCUT2D eigenvalue weighted by Crippen LogP contribution is -2.28. The minimum absolute atomic E-state index is 0.0828. The van der Waals surface area contributed by atoms with Crippen LogP contribution in [0.4, 0.5) is 0 Å². The number of carbonyl (C=O) groups is 1. The largest absolute Gasteiger partial charge is 0.493 e. The standard InChI is InChI=1S/C31H44N2O2/c1-5-8-14-26-24-28-15-11-12-21-33(28)30(26)31(34)27-16-17-29(25(4)23-27)35-22-13-20-32(18-9-6-2)19-10-7-3/h11-12,15-17,21,23-24H,5-10,13-14,18-20,22H2,1-4H3. The van der Waals surface area contributed by atoms with Crippen molar-refractivity contribution in [2.45, 2.75) is 79.1 Å². The monoisotopic (exact) mass is 476 g/mol. The van der Waals surface area contributed by atoms with Gasteiger partial charge in [0, 0.05) is 23.8 Å². The zero-order valence-corrected chi connectivity index (χ0v) is 22.3. The van der Waals surface area contributed by atoms with Gasteiger partial charge in [0.2, 0.25) is 5.78 Å². The molecule has 35 heavy (non-hydrogen) atoms.